The van der Waals surface area contributed by atoms with E-state index >= 15 is 0 Å². The van der Waals surface area contributed by atoms with Gasteiger partial charge in [0.2, 0.25) is 0 Å². The van der Waals surface area contributed by atoms with Gasteiger partial charge in [-0.2, -0.15) is 5.10 Å². The lowest BCUT2D eigenvalue weighted by Gasteiger charge is -2.15. The molecule has 102 valence electrons. The lowest BCUT2D eigenvalue weighted by atomic mass is 10.3. The molecule has 5 nitrogen and oxygen atoms in total. The van der Waals surface area contributed by atoms with Crippen LogP contribution >= 0.6 is 0 Å². The highest BCUT2D eigenvalue weighted by Gasteiger charge is 2.12. The number of nitrogens with zero attached hydrogens (tertiary/aromatic N) is 3. The minimum absolute atomic E-state index is 0.154. The van der Waals surface area contributed by atoms with Crippen molar-refractivity contribution in [1.82, 2.24) is 14.8 Å². The Morgan fingerprint density at radius 2 is 2.16 bits per heavy atom. The first-order valence-electron chi connectivity index (χ1n) is 6.36. The van der Waals surface area contributed by atoms with E-state index in [1.54, 1.807) is 24.5 Å². The second kappa shape index (κ2) is 5.62. The molecule has 0 bridgehead atoms. The Morgan fingerprint density at radius 3 is 2.89 bits per heavy atom. The Bertz CT molecular complexity index is 619. The number of hydrogen-bond acceptors (Lipinski definition) is 4. The minimum Gasteiger partial charge on any atom is -0.359 e. The van der Waals surface area contributed by atoms with E-state index in [0.717, 1.165) is 6.04 Å². The monoisotopic (exact) mass is 277 g/mol. The summed E-state index contributed by atoms with van der Waals surface area (Å²) in [7, 11) is -1.10. The smallest absolute Gasteiger partial charge is 0.278 e. The number of fused-ring (bicyclic) bond motifs is 1. The minimum atomic E-state index is -1.10. The van der Waals surface area contributed by atoms with Crippen LogP contribution in [0.15, 0.2) is 29.3 Å². The summed E-state index contributed by atoms with van der Waals surface area (Å²) < 4.78 is 6.88. The molecule has 0 aliphatic carbocycles. The predicted octanol–water partition coefficient (Wildman–Crippen LogP) is 2.10. The molecule has 0 aromatic carbocycles. The van der Waals surface area contributed by atoms with Crippen molar-refractivity contribution in [3.05, 3.63) is 34.9 Å². The quantitative estimate of drug-likeness (QED) is 0.620. The molecular weight excluding hydrogens is 258 g/mol. The van der Waals surface area contributed by atoms with Crippen LogP contribution in [-0.2, 0) is 11.5 Å². The molecule has 0 aliphatic rings. The van der Waals surface area contributed by atoms with E-state index in [1.165, 1.54) is 4.68 Å². The average Bonchev–Trinajstić information content (AvgIpc) is 2.36. The average molecular weight is 277 g/mol. The molecule has 0 aliphatic heterocycles. The second-order valence-electron chi connectivity index (χ2n) is 5.73. The maximum Gasteiger partial charge on any atom is 0.278 e. The molecule has 0 N–H and O–H groups in total. The molecule has 0 saturated heterocycles. The lowest BCUT2D eigenvalue weighted by molar-refractivity contribution is 0.0754. The van der Waals surface area contributed by atoms with Gasteiger partial charge in [0.15, 0.2) is 0 Å². The van der Waals surface area contributed by atoms with Crippen molar-refractivity contribution in [3.63, 3.8) is 0 Å². The topological polar surface area (TPSA) is 57.0 Å². The Kier molecular flexibility index (Phi) is 4.11. The number of rotatable bonds is 5. The molecule has 6 heteroatoms. The molecule has 0 spiro atoms. The first kappa shape index (κ1) is 13.9. The van der Waals surface area contributed by atoms with Crippen molar-refractivity contribution in [2.45, 2.75) is 32.4 Å². The summed E-state index contributed by atoms with van der Waals surface area (Å²) in [6, 6.07) is 4.59. The third-order valence-corrected chi connectivity index (χ3v) is 4.54. The van der Waals surface area contributed by atoms with Gasteiger partial charge in [-0.25, -0.2) is 4.68 Å². The molecule has 0 fully saturated rings. The first-order valence-corrected chi connectivity index (χ1v) is 10.1. The molecule has 0 amide bonds. The van der Waals surface area contributed by atoms with Crippen LogP contribution in [0, 0.1) is 0 Å². The molecule has 2 rings (SSSR count). The molecule has 0 unspecified atom stereocenters. The second-order valence-corrected chi connectivity index (χ2v) is 11.4. The molecule has 0 saturated carbocycles. The summed E-state index contributed by atoms with van der Waals surface area (Å²) in [4.78, 5) is 16.2. The van der Waals surface area contributed by atoms with Crippen molar-refractivity contribution in [1.29, 1.82) is 0 Å². The van der Waals surface area contributed by atoms with Crippen LogP contribution in [0.3, 0.4) is 0 Å². The van der Waals surface area contributed by atoms with E-state index < -0.39 is 8.07 Å². The summed E-state index contributed by atoms with van der Waals surface area (Å²) in [5.74, 6) is 0. The van der Waals surface area contributed by atoms with Crippen LogP contribution in [0.5, 0.6) is 0 Å². The van der Waals surface area contributed by atoms with Crippen LogP contribution in [0.2, 0.25) is 25.7 Å². The first-order chi connectivity index (χ1) is 8.97. The number of aromatic nitrogens is 3. The highest BCUT2D eigenvalue weighted by Crippen LogP contribution is 2.07. The highest BCUT2D eigenvalue weighted by atomic mass is 28.3. The van der Waals surface area contributed by atoms with Crippen LogP contribution in [0.1, 0.15) is 0 Å². The zero-order chi connectivity index (χ0) is 13.9. The third kappa shape index (κ3) is 3.71. The largest absolute Gasteiger partial charge is 0.359 e. The van der Waals surface area contributed by atoms with Crippen LogP contribution < -0.4 is 5.56 Å². The van der Waals surface area contributed by atoms with Gasteiger partial charge < -0.3 is 4.74 Å². The summed E-state index contributed by atoms with van der Waals surface area (Å²) >= 11 is 0. The Balaban J connectivity index is 2.06. The predicted molar refractivity (Wildman–Crippen MR) is 77.9 cm³/mol. The van der Waals surface area contributed by atoms with E-state index in [-0.39, 0.29) is 12.3 Å². The molecule has 2 aromatic rings. The van der Waals surface area contributed by atoms with Crippen LogP contribution in [-0.4, -0.2) is 29.4 Å². The fourth-order valence-corrected chi connectivity index (χ4v) is 2.40. The molecule has 0 radical (unpaired) electrons. The molecule has 2 heterocycles. The van der Waals surface area contributed by atoms with Gasteiger partial charge in [0.05, 0.1) is 17.1 Å². The molecule has 2 aromatic heterocycles. The molecule has 19 heavy (non-hydrogen) atoms. The van der Waals surface area contributed by atoms with E-state index in [4.69, 9.17) is 4.74 Å². The molecule has 0 atom stereocenters. The van der Waals surface area contributed by atoms with E-state index in [2.05, 4.69) is 29.7 Å². The zero-order valence-electron chi connectivity index (χ0n) is 11.6. The van der Waals surface area contributed by atoms with Gasteiger partial charge in [-0.15, -0.1) is 0 Å². The number of ether oxygens (including phenoxy) is 1. The Morgan fingerprint density at radius 1 is 1.37 bits per heavy atom. The third-order valence-electron chi connectivity index (χ3n) is 2.83. The normalized spacial score (nSPS) is 11.9. The maximum atomic E-state index is 12.1. The van der Waals surface area contributed by atoms with Crippen molar-refractivity contribution in [3.8, 4) is 0 Å². The highest BCUT2D eigenvalue weighted by molar-refractivity contribution is 6.76. The number of hydrogen-bond donors (Lipinski definition) is 0. The SMILES string of the molecule is C[Si](C)(C)CCOCn1ncc2ncccc2c1=O. The Labute approximate surface area is 113 Å². The van der Waals surface area contributed by atoms with Crippen molar-refractivity contribution in [2.75, 3.05) is 6.61 Å². The van der Waals surface area contributed by atoms with Gasteiger partial charge in [0, 0.05) is 20.9 Å². The van der Waals surface area contributed by atoms with Gasteiger partial charge in [0.1, 0.15) is 6.73 Å². The fraction of sp³-hybridized carbons (Fsp3) is 0.462. The summed E-state index contributed by atoms with van der Waals surface area (Å²) in [5, 5.41) is 4.64. The summed E-state index contributed by atoms with van der Waals surface area (Å²) in [5.41, 5.74) is 0.462. The van der Waals surface area contributed by atoms with Gasteiger partial charge >= 0.3 is 0 Å². The van der Waals surface area contributed by atoms with Gasteiger partial charge in [-0.3, -0.25) is 9.78 Å². The van der Waals surface area contributed by atoms with E-state index in [9.17, 15) is 4.79 Å². The van der Waals surface area contributed by atoms with Gasteiger partial charge in [-0.1, -0.05) is 19.6 Å². The molecular formula is C13H19N3O2Si. The number of pyridine rings is 1. The van der Waals surface area contributed by atoms with Crippen molar-refractivity contribution < 1.29 is 4.74 Å². The Hall–Kier alpha value is -1.53. The van der Waals surface area contributed by atoms with E-state index in [1.807, 2.05) is 0 Å². The zero-order valence-corrected chi connectivity index (χ0v) is 12.6. The maximum absolute atomic E-state index is 12.1. The van der Waals surface area contributed by atoms with Crippen molar-refractivity contribution >= 4 is 19.0 Å². The van der Waals surface area contributed by atoms with Gasteiger partial charge in [-0.05, 0) is 18.2 Å². The van der Waals surface area contributed by atoms with Gasteiger partial charge in [0.25, 0.3) is 5.56 Å². The van der Waals surface area contributed by atoms with E-state index in [0.29, 0.717) is 17.5 Å². The summed E-state index contributed by atoms with van der Waals surface area (Å²) in [6.07, 6.45) is 3.25. The van der Waals surface area contributed by atoms with Crippen molar-refractivity contribution in [2.24, 2.45) is 0 Å². The van der Waals surface area contributed by atoms with Crippen LogP contribution in [0.25, 0.3) is 10.9 Å². The fourth-order valence-electron chi connectivity index (χ4n) is 1.64. The lowest BCUT2D eigenvalue weighted by Crippen LogP contribution is -2.26. The standard InChI is InChI=1S/C13H19N3O2Si/c1-19(2,3)8-7-18-10-16-13(17)11-5-4-6-14-12(11)9-15-16/h4-6,9H,7-8,10H2,1-3H3. The van der Waals surface area contributed by atoms with Crippen LogP contribution in [0.4, 0.5) is 0 Å². The summed E-state index contributed by atoms with van der Waals surface area (Å²) in [6.45, 7) is 7.76.